The number of carbonyl (C=O) groups is 2. The summed E-state index contributed by atoms with van der Waals surface area (Å²) in [7, 11) is 0. The Morgan fingerprint density at radius 2 is 2.05 bits per heavy atom. The van der Waals surface area contributed by atoms with E-state index >= 15 is 0 Å². The lowest BCUT2D eigenvalue weighted by molar-refractivity contribution is -0.128. The molecular weight excluding hydrogens is 274 g/mol. The molecule has 20 heavy (non-hydrogen) atoms. The third-order valence-electron chi connectivity index (χ3n) is 3.78. The summed E-state index contributed by atoms with van der Waals surface area (Å²) in [5.74, 6) is 0.106. The molecule has 2 aliphatic rings. The Morgan fingerprint density at radius 3 is 2.70 bits per heavy atom. The van der Waals surface area contributed by atoms with Crippen molar-refractivity contribution in [1.29, 1.82) is 0 Å². The first-order chi connectivity index (χ1) is 9.59. The minimum Gasteiger partial charge on any atom is -0.447 e. The van der Waals surface area contributed by atoms with Gasteiger partial charge in [0.1, 0.15) is 11.9 Å². The number of ether oxygens (including phenoxy) is 1. The summed E-state index contributed by atoms with van der Waals surface area (Å²) in [5.41, 5.74) is 1.14. The Morgan fingerprint density at radius 1 is 1.35 bits per heavy atom. The number of rotatable bonds is 3. The zero-order valence-electron chi connectivity index (χ0n) is 11.5. The highest BCUT2D eigenvalue weighted by Crippen LogP contribution is 2.56. The Balaban J connectivity index is 1.73. The molecular formula is C15H17NO3S. The monoisotopic (exact) mass is 291 g/mol. The van der Waals surface area contributed by atoms with E-state index in [0.29, 0.717) is 6.61 Å². The molecule has 0 aliphatic carbocycles. The lowest BCUT2D eigenvalue weighted by Gasteiger charge is -2.22. The highest BCUT2D eigenvalue weighted by molar-refractivity contribution is 8.08. The summed E-state index contributed by atoms with van der Waals surface area (Å²) in [6, 6.07) is 9.81. The molecule has 0 saturated carbocycles. The molecule has 0 bridgehead atoms. The second-order valence-corrected chi connectivity index (χ2v) is 6.77. The number of hydrogen-bond acceptors (Lipinski definition) is 4. The van der Waals surface area contributed by atoms with Crippen molar-refractivity contribution in [3.05, 3.63) is 35.9 Å². The van der Waals surface area contributed by atoms with Gasteiger partial charge in [-0.05, 0) is 11.5 Å². The topological polar surface area (TPSA) is 46.6 Å². The van der Waals surface area contributed by atoms with Gasteiger partial charge in [-0.3, -0.25) is 4.79 Å². The van der Waals surface area contributed by atoms with E-state index in [-0.39, 0.29) is 28.4 Å². The standard InChI is InChI=1S/C15H17NO3S/c1-9(2)11-8-19-15(18)16(11)14(17)13-12(20-13)10-6-4-3-5-7-10/h3-7,9,11-13H,8H2,1-2H3/t11-,12-,13-/m1/s1. The predicted molar refractivity (Wildman–Crippen MR) is 77.4 cm³/mol. The zero-order chi connectivity index (χ0) is 14.3. The van der Waals surface area contributed by atoms with Crippen molar-refractivity contribution in [3.8, 4) is 0 Å². The highest BCUT2D eigenvalue weighted by atomic mass is 32.2. The van der Waals surface area contributed by atoms with Gasteiger partial charge >= 0.3 is 6.09 Å². The summed E-state index contributed by atoms with van der Waals surface area (Å²) in [4.78, 5) is 25.6. The molecule has 1 aromatic rings. The molecule has 106 valence electrons. The van der Waals surface area contributed by atoms with Crippen LogP contribution in [0.4, 0.5) is 4.79 Å². The molecule has 5 heteroatoms. The smallest absolute Gasteiger partial charge is 0.417 e. The minimum absolute atomic E-state index is 0.106. The van der Waals surface area contributed by atoms with E-state index in [0.717, 1.165) is 5.56 Å². The molecule has 2 heterocycles. The van der Waals surface area contributed by atoms with Crippen molar-refractivity contribution in [2.45, 2.75) is 30.4 Å². The maximum atomic E-state index is 12.5. The SMILES string of the molecule is CC(C)[C@H]1COC(=O)N1C(=O)[C@@H]1S[C@@H]1c1ccccc1. The van der Waals surface area contributed by atoms with Gasteiger partial charge in [-0.25, -0.2) is 9.69 Å². The molecule has 0 unspecified atom stereocenters. The normalized spacial score (nSPS) is 28.6. The van der Waals surface area contributed by atoms with Gasteiger partial charge in [0, 0.05) is 0 Å². The molecule has 1 aromatic carbocycles. The number of nitrogens with zero attached hydrogens (tertiary/aromatic N) is 1. The van der Waals surface area contributed by atoms with Crippen LogP contribution in [0.5, 0.6) is 0 Å². The Bertz CT molecular complexity index is 531. The quantitative estimate of drug-likeness (QED) is 0.803. The van der Waals surface area contributed by atoms with Gasteiger partial charge in [-0.15, -0.1) is 11.8 Å². The third kappa shape index (κ3) is 2.30. The number of hydrogen-bond donors (Lipinski definition) is 0. The van der Waals surface area contributed by atoms with Crippen molar-refractivity contribution in [2.24, 2.45) is 5.92 Å². The largest absolute Gasteiger partial charge is 0.447 e. The second kappa shape index (κ2) is 5.13. The zero-order valence-corrected chi connectivity index (χ0v) is 12.3. The summed E-state index contributed by atoms with van der Waals surface area (Å²) in [5, 5.41) is 0.0224. The van der Waals surface area contributed by atoms with Crippen molar-refractivity contribution < 1.29 is 14.3 Å². The van der Waals surface area contributed by atoms with Crippen molar-refractivity contribution in [2.75, 3.05) is 6.61 Å². The van der Waals surface area contributed by atoms with E-state index in [9.17, 15) is 9.59 Å². The van der Waals surface area contributed by atoms with Gasteiger partial charge in [0.2, 0.25) is 5.91 Å². The van der Waals surface area contributed by atoms with Crippen LogP contribution in [0.25, 0.3) is 0 Å². The summed E-state index contributed by atoms with van der Waals surface area (Å²) >= 11 is 1.60. The number of amides is 2. The van der Waals surface area contributed by atoms with Crippen molar-refractivity contribution >= 4 is 23.8 Å². The van der Waals surface area contributed by atoms with Crippen molar-refractivity contribution in [3.63, 3.8) is 0 Å². The van der Waals surface area contributed by atoms with Gasteiger partial charge in [0.15, 0.2) is 0 Å². The molecule has 2 amide bonds. The molecule has 0 radical (unpaired) electrons. The van der Waals surface area contributed by atoms with E-state index in [1.54, 1.807) is 11.8 Å². The van der Waals surface area contributed by atoms with Gasteiger partial charge in [-0.2, -0.15) is 0 Å². The lowest BCUT2D eigenvalue weighted by atomic mass is 10.0. The van der Waals surface area contributed by atoms with E-state index in [4.69, 9.17) is 4.74 Å². The molecule has 3 atom stereocenters. The first-order valence-corrected chi connectivity index (χ1v) is 7.74. The second-order valence-electron chi connectivity index (χ2n) is 5.48. The predicted octanol–water partition coefficient (Wildman–Crippen LogP) is 2.85. The van der Waals surface area contributed by atoms with Gasteiger partial charge in [0.05, 0.1) is 11.3 Å². The van der Waals surface area contributed by atoms with Crippen LogP contribution in [0.2, 0.25) is 0 Å². The van der Waals surface area contributed by atoms with Gasteiger partial charge in [0.25, 0.3) is 0 Å². The van der Waals surface area contributed by atoms with Crippen LogP contribution < -0.4 is 0 Å². The molecule has 2 saturated heterocycles. The van der Waals surface area contributed by atoms with Gasteiger partial charge < -0.3 is 4.74 Å². The van der Waals surface area contributed by atoms with Gasteiger partial charge in [-0.1, -0.05) is 44.2 Å². The van der Waals surface area contributed by atoms with Crippen LogP contribution in [-0.4, -0.2) is 34.8 Å². The maximum Gasteiger partial charge on any atom is 0.417 e. The molecule has 4 nitrogen and oxygen atoms in total. The number of benzene rings is 1. The maximum absolute atomic E-state index is 12.5. The number of carbonyl (C=O) groups excluding carboxylic acids is 2. The van der Waals surface area contributed by atoms with Crippen LogP contribution in [0.3, 0.4) is 0 Å². The van der Waals surface area contributed by atoms with Crippen LogP contribution >= 0.6 is 11.8 Å². The van der Waals surface area contributed by atoms with E-state index in [1.807, 2.05) is 44.2 Å². The van der Waals surface area contributed by atoms with E-state index in [1.165, 1.54) is 4.90 Å². The fourth-order valence-electron chi connectivity index (χ4n) is 2.51. The van der Waals surface area contributed by atoms with Crippen LogP contribution in [0, 0.1) is 5.92 Å². The minimum atomic E-state index is -0.493. The molecule has 0 N–H and O–H groups in total. The average molecular weight is 291 g/mol. The Labute approximate surface area is 122 Å². The van der Waals surface area contributed by atoms with Crippen LogP contribution in [-0.2, 0) is 9.53 Å². The molecule has 0 spiro atoms. The van der Waals surface area contributed by atoms with E-state index in [2.05, 4.69) is 0 Å². The first kappa shape index (κ1) is 13.5. The third-order valence-corrected chi connectivity index (χ3v) is 5.07. The molecule has 2 fully saturated rings. The summed E-state index contributed by atoms with van der Waals surface area (Å²) < 4.78 is 5.04. The Kier molecular flexibility index (Phi) is 3.46. The highest BCUT2D eigenvalue weighted by Gasteiger charge is 2.52. The van der Waals surface area contributed by atoms with Crippen LogP contribution in [0.1, 0.15) is 24.7 Å². The fourth-order valence-corrected chi connectivity index (χ4v) is 3.56. The van der Waals surface area contributed by atoms with Crippen LogP contribution in [0.15, 0.2) is 30.3 Å². The average Bonchev–Trinajstić information content (AvgIpc) is 3.15. The Hall–Kier alpha value is -1.49. The number of thioether (sulfide) groups is 1. The molecule has 2 aliphatic heterocycles. The number of cyclic esters (lactones) is 1. The number of imide groups is 1. The molecule has 0 aromatic heterocycles. The summed E-state index contributed by atoms with van der Waals surface area (Å²) in [6.07, 6.45) is -0.493. The first-order valence-electron chi connectivity index (χ1n) is 6.80. The molecule has 3 rings (SSSR count). The lowest BCUT2D eigenvalue weighted by Crippen LogP contribution is -2.43. The fraction of sp³-hybridized carbons (Fsp3) is 0.467. The van der Waals surface area contributed by atoms with E-state index < -0.39 is 6.09 Å². The summed E-state index contributed by atoms with van der Waals surface area (Å²) in [6.45, 7) is 4.32. The van der Waals surface area contributed by atoms with Crippen molar-refractivity contribution in [1.82, 2.24) is 4.90 Å².